The highest BCUT2D eigenvalue weighted by molar-refractivity contribution is 7.80. The molecule has 0 aromatic heterocycles. The molecule has 4 rings (SSSR count). The van der Waals surface area contributed by atoms with Gasteiger partial charge in [-0.15, -0.1) is 0 Å². The normalized spacial score (nSPS) is 23.2. The molecule has 3 atom stereocenters. The Morgan fingerprint density at radius 2 is 2.00 bits per heavy atom. The maximum absolute atomic E-state index is 13.7. The maximum Gasteiger partial charge on any atom is 0.236 e. The largest absolute Gasteiger partial charge is 0.497 e. The molecule has 2 aliphatic heterocycles. The minimum atomic E-state index is -1.05. The SMILES string of the molecule is CCOc1cccc2c1O[C@@]1(C)[C@H](C(=O)Nc3ccc(OC)cc3)[C@H]2NC(=S)N1CCOC. The van der Waals surface area contributed by atoms with E-state index in [-0.39, 0.29) is 11.9 Å². The Kier molecular flexibility index (Phi) is 6.62. The fourth-order valence-electron chi connectivity index (χ4n) is 4.51. The molecule has 9 heteroatoms. The predicted molar refractivity (Wildman–Crippen MR) is 129 cm³/mol. The van der Waals surface area contributed by atoms with Gasteiger partial charge in [0, 0.05) is 24.9 Å². The van der Waals surface area contributed by atoms with E-state index in [1.54, 1.807) is 38.5 Å². The number of methoxy groups -OCH3 is 2. The third kappa shape index (κ3) is 4.18. The number of para-hydroxylation sites is 1. The molecule has 2 heterocycles. The summed E-state index contributed by atoms with van der Waals surface area (Å²) < 4.78 is 22.9. The fourth-order valence-corrected chi connectivity index (χ4v) is 4.91. The first kappa shape index (κ1) is 23.1. The lowest BCUT2D eigenvalue weighted by molar-refractivity contribution is -0.150. The van der Waals surface area contributed by atoms with Gasteiger partial charge in [0.05, 0.1) is 26.4 Å². The summed E-state index contributed by atoms with van der Waals surface area (Å²) in [7, 11) is 3.23. The molecule has 2 aromatic rings. The van der Waals surface area contributed by atoms with E-state index in [0.29, 0.717) is 47.8 Å². The standard InChI is InChI=1S/C24H29N3O5S/c1-5-31-18-8-6-7-17-20-19(22(28)25-15-9-11-16(30-4)12-10-15)24(2,32-21(17)18)27(13-14-29-3)23(33)26-20/h6-12,19-20H,5,13-14H2,1-4H3,(H,25,28)(H,26,33)/t19-,20-,24-/m0/s1. The number of ether oxygens (including phenoxy) is 4. The van der Waals surface area contributed by atoms with Crippen LogP contribution in [0, 0.1) is 5.92 Å². The van der Waals surface area contributed by atoms with Crippen molar-refractivity contribution in [3.05, 3.63) is 48.0 Å². The van der Waals surface area contributed by atoms with Crippen LogP contribution in [0.1, 0.15) is 25.5 Å². The van der Waals surface area contributed by atoms with Crippen LogP contribution < -0.4 is 24.8 Å². The lowest BCUT2D eigenvalue weighted by Gasteiger charge is -2.56. The molecule has 2 aromatic carbocycles. The highest BCUT2D eigenvalue weighted by Crippen LogP contribution is 2.51. The van der Waals surface area contributed by atoms with Crippen molar-refractivity contribution in [3.63, 3.8) is 0 Å². The minimum Gasteiger partial charge on any atom is -0.497 e. The average molecular weight is 472 g/mol. The summed E-state index contributed by atoms with van der Waals surface area (Å²) in [5.41, 5.74) is 0.451. The second-order valence-electron chi connectivity index (χ2n) is 8.03. The number of nitrogens with one attached hydrogen (secondary N) is 2. The summed E-state index contributed by atoms with van der Waals surface area (Å²) in [5, 5.41) is 6.92. The number of nitrogens with zero attached hydrogens (tertiary/aromatic N) is 1. The Hall–Kier alpha value is -3.04. The van der Waals surface area contributed by atoms with E-state index < -0.39 is 11.6 Å². The lowest BCUT2D eigenvalue weighted by atomic mass is 9.78. The Balaban J connectivity index is 1.75. The molecule has 0 unspecified atom stereocenters. The van der Waals surface area contributed by atoms with Crippen LogP contribution in [0.2, 0.25) is 0 Å². The van der Waals surface area contributed by atoms with Crippen LogP contribution in [0.25, 0.3) is 0 Å². The van der Waals surface area contributed by atoms with Crippen molar-refractivity contribution in [1.82, 2.24) is 10.2 Å². The smallest absolute Gasteiger partial charge is 0.236 e. The molecule has 33 heavy (non-hydrogen) atoms. The monoisotopic (exact) mass is 471 g/mol. The van der Waals surface area contributed by atoms with Gasteiger partial charge in [-0.05, 0) is 56.4 Å². The van der Waals surface area contributed by atoms with Crippen molar-refractivity contribution < 1.29 is 23.7 Å². The Morgan fingerprint density at radius 1 is 1.24 bits per heavy atom. The van der Waals surface area contributed by atoms with Crippen molar-refractivity contribution in [3.8, 4) is 17.2 Å². The molecule has 1 amide bonds. The minimum absolute atomic E-state index is 0.183. The van der Waals surface area contributed by atoms with Crippen LogP contribution in [0.5, 0.6) is 17.2 Å². The first-order valence-electron chi connectivity index (χ1n) is 10.9. The molecule has 1 fully saturated rings. The average Bonchev–Trinajstić information content (AvgIpc) is 2.80. The first-order valence-corrected chi connectivity index (χ1v) is 11.3. The highest BCUT2D eigenvalue weighted by atomic mass is 32.1. The van der Waals surface area contributed by atoms with Gasteiger partial charge in [-0.1, -0.05) is 12.1 Å². The number of hydrogen-bond acceptors (Lipinski definition) is 6. The highest BCUT2D eigenvalue weighted by Gasteiger charge is 2.59. The number of hydrogen-bond donors (Lipinski definition) is 2. The van der Waals surface area contributed by atoms with Crippen molar-refractivity contribution in [2.75, 3.05) is 39.3 Å². The molecule has 176 valence electrons. The predicted octanol–water partition coefficient (Wildman–Crippen LogP) is 3.34. The maximum atomic E-state index is 13.7. The number of rotatable bonds is 8. The number of carbonyl (C=O) groups excluding carboxylic acids is 1. The molecule has 0 spiro atoms. The van der Waals surface area contributed by atoms with E-state index in [2.05, 4.69) is 10.6 Å². The fraction of sp³-hybridized carbons (Fsp3) is 0.417. The van der Waals surface area contributed by atoms with E-state index in [1.165, 1.54) is 0 Å². The van der Waals surface area contributed by atoms with Crippen LogP contribution in [0.4, 0.5) is 5.69 Å². The summed E-state index contributed by atoms with van der Waals surface area (Å²) in [4.78, 5) is 15.6. The zero-order valence-electron chi connectivity index (χ0n) is 19.2. The number of thiocarbonyl (C=S) groups is 1. The van der Waals surface area contributed by atoms with E-state index in [1.807, 2.05) is 36.9 Å². The molecular formula is C24H29N3O5S. The zero-order chi connectivity index (χ0) is 23.6. The van der Waals surface area contributed by atoms with Crippen LogP contribution in [-0.4, -0.2) is 55.6 Å². The van der Waals surface area contributed by atoms with Gasteiger partial charge in [0.15, 0.2) is 22.3 Å². The molecule has 0 radical (unpaired) electrons. The van der Waals surface area contributed by atoms with Gasteiger partial charge in [0.1, 0.15) is 11.7 Å². The zero-order valence-corrected chi connectivity index (χ0v) is 20.0. The topological polar surface area (TPSA) is 81.3 Å². The number of amides is 1. The number of carbonyl (C=O) groups is 1. The van der Waals surface area contributed by atoms with Crippen molar-refractivity contribution >= 4 is 28.9 Å². The molecule has 2 N–H and O–H groups in total. The van der Waals surface area contributed by atoms with E-state index in [0.717, 1.165) is 5.56 Å². The van der Waals surface area contributed by atoms with Crippen molar-refractivity contribution in [2.24, 2.45) is 5.92 Å². The van der Waals surface area contributed by atoms with Crippen LogP contribution >= 0.6 is 12.2 Å². The number of benzene rings is 2. The van der Waals surface area contributed by atoms with Crippen LogP contribution in [0.15, 0.2) is 42.5 Å². The molecule has 2 bridgehead atoms. The number of anilines is 1. The van der Waals surface area contributed by atoms with Gasteiger partial charge in [-0.25, -0.2) is 0 Å². The summed E-state index contributed by atoms with van der Waals surface area (Å²) in [6, 6.07) is 12.5. The molecule has 2 aliphatic rings. The summed E-state index contributed by atoms with van der Waals surface area (Å²) in [6.45, 7) is 5.21. The van der Waals surface area contributed by atoms with Gasteiger partial charge >= 0.3 is 0 Å². The summed E-state index contributed by atoms with van der Waals surface area (Å²) in [5.74, 6) is 1.19. The van der Waals surface area contributed by atoms with Crippen LogP contribution in [0.3, 0.4) is 0 Å². The molecule has 8 nitrogen and oxygen atoms in total. The summed E-state index contributed by atoms with van der Waals surface area (Å²) in [6.07, 6.45) is 0. The third-order valence-electron chi connectivity index (χ3n) is 6.08. The molecule has 0 aliphatic carbocycles. The van der Waals surface area contributed by atoms with E-state index >= 15 is 0 Å². The quantitative estimate of drug-likeness (QED) is 0.568. The van der Waals surface area contributed by atoms with Gasteiger partial charge in [-0.2, -0.15) is 0 Å². The van der Waals surface area contributed by atoms with Crippen LogP contribution in [-0.2, 0) is 9.53 Å². The van der Waals surface area contributed by atoms with Gasteiger partial charge in [-0.3, -0.25) is 4.79 Å². The van der Waals surface area contributed by atoms with Gasteiger partial charge in [0.25, 0.3) is 0 Å². The molecule has 0 saturated carbocycles. The second-order valence-corrected chi connectivity index (χ2v) is 8.42. The number of fused-ring (bicyclic) bond motifs is 4. The first-order chi connectivity index (χ1) is 15.9. The summed E-state index contributed by atoms with van der Waals surface area (Å²) >= 11 is 5.68. The molecular weight excluding hydrogens is 442 g/mol. The van der Waals surface area contributed by atoms with Gasteiger partial charge in [0.2, 0.25) is 5.91 Å². The second kappa shape index (κ2) is 9.44. The molecule has 1 saturated heterocycles. The van der Waals surface area contributed by atoms with Gasteiger partial charge < -0.3 is 34.5 Å². The lowest BCUT2D eigenvalue weighted by Crippen LogP contribution is -2.72. The third-order valence-corrected chi connectivity index (χ3v) is 6.42. The van der Waals surface area contributed by atoms with Crippen molar-refractivity contribution in [2.45, 2.75) is 25.6 Å². The Morgan fingerprint density at radius 3 is 2.67 bits per heavy atom. The van der Waals surface area contributed by atoms with E-state index in [9.17, 15) is 4.79 Å². The van der Waals surface area contributed by atoms with E-state index in [4.69, 9.17) is 31.2 Å². The Labute approximate surface area is 199 Å². The van der Waals surface area contributed by atoms with Crippen molar-refractivity contribution in [1.29, 1.82) is 0 Å². The Bertz CT molecular complexity index is 1030.